The summed E-state index contributed by atoms with van der Waals surface area (Å²) in [5, 5.41) is 6.11. The number of para-hydroxylation sites is 1. The van der Waals surface area contributed by atoms with E-state index >= 15 is 0 Å². The van der Waals surface area contributed by atoms with Crippen molar-refractivity contribution in [1.82, 2.24) is 10.3 Å². The van der Waals surface area contributed by atoms with Crippen LogP contribution in [0.15, 0.2) is 83.4 Å². The molecule has 46 heavy (non-hydrogen) atoms. The predicted molar refractivity (Wildman–Crippen MR) is 187 cm³/mol. The smallest absolute Gasteiger partial charge is 0.259 e. The minimum Gasteiger partial charge on any atom is -0.356 e. The molecular formula is C37H41N5O3S. The van der Waals surface area contributed by atoms with E-state index in [-0.39, 0.29) is 17.7 Å². The number of pyridine rings is 1. The molecule has 2 aliphatic heterocycles. The molecule has 0 atom stereocenters. The molecule has 6 rings (SSSR count). The molecule has 3 heterocycles. The van der Waals surface area contributed by atoms with Gasteiger partial charge >= 0.3 is 0 Å². The van der Waals surface area contributed by atoms with Crippen LogP contribution in [0.1, 0.15) is 78.7 Å². The van der Waals surface area contributed by atoms with E-state index in [9.17, 15) is 14.4 Å². The van der Waals surface area contributed by atoms with Gasteiger partial charge in [0.1, 0.15) is 5.82 Å². The lowest BCUT2D eigenvalue weighted by Gasteiger charge is -2.25. The van der Waals surface area contributed by atoms with Crippen molar-refractivity contribution in [2.45, 2.75) is 58.4 Å². The molecule has 1 aromatic heterocycles. The van der Waals surface area contributed by atoms with Crippen LogP contribution >= 0.6 is 11.8 Å². The Balaban J connectivity index is 1.17. The normalized spacial score (nSPS) is 15.7. The van der Waals surface area contributed by atoms with Crippen molar-refractivity contribution in [3.05, 3.63) is 100 Å². The molecule has 1 aliphatic carbocycles. The van der Waals surface area contributed by atoms with Crippen molar-refractivity contribution in [2.75, 3.05) is 40.5 Å². The van der Waals surface area contributed by atoms with Gasteiger partial charge in [0.15, 0.2) is 0 Å². The number of carbonyl (C=O) groups is 3. The average Bonchev–Trinajstić information content (AvgIpc) is 3.92. The molecule has 0 bridgehead atoms. The molecule has 9 heteroatoms. The van der Waals surface area contributed by atoms with Crippen LogP contribution < -0.4 is 20.4 Å². The highest BCUT2D eigenvalue weighted by Crippen LogP contribution is 2.42. The first kappa shape index (κ1) is 31.6. The van der Waals surface area contributed by atoms with Gasteiger partial charge in [0.05, 0.1) is 16.2 Å². The molecule has 3 aromatic rings. The molecule has 3 amide bonds. The number of amides is 3. The molecule has 2 aromatic carbocycles. The van der Waals surface area contributed by atoms with Gasteiger partial charge in [0, 0.05) is 54.4 Å². The Morgan fingerprint density at radius 3 is 2.52 bits per heavy atom. The van der Waals surface area contributed by atoms with Gasteiger partial charge in [-0.2, -0.15) is 0 Å². The van der Waals surface area contributed by atoms with Gasteiger partial charge in [0.2, 0.25) is 0 Å². The van der Waals surface area contributed by atoms with E-state index in [0.29, 0.717) is 47.4 Å². The summed E-state index contributed by atoms with van der Waals surface area (Å²) >= 11 is 1.56. The van der Waals surface area contributed by atoms with Crippen LogP contribution in [0, 0.1) is 0 Å². The zero-order valence-corrected chi connectivity index (χ0v) is 27.4. The molecule has 2 N–H and O–H groups in total. The summed E-state index contributed by atoms with van der Waals surface area (Å²) in [4.78, 5) is 49.5. The maximum absolute atomic E-state index is 14.0. The number of hydrogen-bond acceptors (Lipinski definition) is 6. The standard InChI is InChI=1S/C37H41N5O3S/c1-3-5-21-41(20-4-2)34-30(10-8-19-38-34)35(43)39-27-14-12-25(13-15-27)37(45)42-22-18-26-23-33(36(44)40-28-16-17-28)46-24-31(26)29-9-6-7-11-32(29)42/h6-15,19,23,28H,3-5,16-18,20-22,24H2,1-2H3,(H,39,43)(H,40,44). The van der Waals surface area contributed by atoms with E-state index in [0.717, 1.165) is 66.9 Å². The number of anilines is 3. The molecule has 0 spiro atoms. The topological polar surface area (TPSA) is 94.6 Å². The van der Waals surface area contributed by atoms with Gasteiger partial charge in [0.25, 0.3) is 17.7 Å². The van der Waals surface area contributed by atoms with E-state index in [1.165, 1.54) is 5.57 Å². The second-order valence-electron chi connectivity index (χ2n) is 12.0. The van der Waals surface area contributed by atoms with Crippen LogP contribution in [-0.4, -0.2) is 54.1 Å². The minimum absolute atomic E-state index is 0.00576. The van der Waals surface area contributed by atoms with E-state index in [1.54, 1.807) is 48.3 Å². The number of rotatable bonds is 11. The molecule has 1 saturated carbocycles. The summed E-state index contributed by atoms with van der Waals surface area (Å²) in [6.45, 7) is 6.47. The van der Waals surface area contributed by atoms with Crippen LogP contribution in [-0.2, 0) is 4.79 Å². The Hall–Kier alpha value is -4.37. The molecule has 0 radical (unpaired) electrons. The van der Waals surface area contributed by atoms with Crippen LogP contribution in [0.3, 0.4) is 0 Å². The van der Waals surface area contributed by atoms with E-state index in [2.05, 4.69) is 40.4 Å². The molecule has 3 aliphatic rings. The highest BCUT2D eigenvalue weighted by atomic mass is 32.2. The van der Waals surface area contributed by atoms with Crippen molar-refractivity contribution in [3.63, 3.8) is 0 Å². The fraction of sp³-hybridized carbons (Fsp3) is 0.351. The minimum atomic E-state index is -0.228. The number of allylic oxidation sites excluding steroid dienone is 1. The molecule has 238 valence electrons. The number of fused-ring (bicyclic) bond motifs is 2. The Bertz CT molecular complexity index is 1680. The number of hydrogen-bond donors (Lipinski definition) is 2. The van der Waals surface area contributed by atoms with E-state index in [4.69, 9.17) is 0 Å². The van der Waals surface area contributed by atoms with Gasteiger partial charge < -0.3 is 20.4 Å². The van der Waals surface area contributed by atoms with Crippen LogP contribution in [0.5, 0.6) is 0 Å². The number of nitrogens with one attached hydrogen (secondary N) is 2. The lowest BCUT2D eigenvalue weighted by molar-refractivity contribution is -0.116. The Morgan fingerprint density at radius 2 is 1.76 bits per heavy atom. The Kier molecular flexibility index (Phi) is 9.88. The summed E-state index contributed by atoms with van der Waals surface area (Å²) in [7, 11) is 0. The summed E-state index contributed by atoms with van der Waals surface area (Å²) in [6, 6.07) is 19.0. The molecule has 0 saturated heterocycles. The highest BCUT2D eigenvalue weighted by Gasteiger charge is 2.30. The van der Waals surface area contributed by atoms with Gasteiger partial charge in [-0.3, -0.25) is 14.4 Å². The summed E-state index contributed by atoms with van der Waals surface area (Å²) in [6.07, 6.45) is 9.57. The summed E-state index contributed by atoms with van der Waals surface area (Å²) in [5.41, 5.74) is 5.88. The van der Waals surface area contributed by atoms with Crippen molar-refractivity contribution in [1.29, 1.82) is 0 Å². The van der Waals surface area contributed by atoms with E-state index in [1.807, 2.05) is 35.2 Å². The van der Waals surface area contributed by atoms with Crippen LogP contribution in [0.2, 0.25) is 0 Å². The van der Waals surface area contributed by atoms with Gasteiger partial charge in [-0.25, -0.2) is 4.98 Å². The number of nitrogens with zero attached hydrogens (tertiary/aromatic N) is 3. The largest absolute Gasteiger partial charge is 0.356 e. The maximum Gasteiger partial charge on any atom is 0.259 e. The van der Waals surface area contributed by atoms with Crippen molar-refractivity contribution >= 4 is 52.2 Å². The third-order valence-electron chi connectivity index (χ3n) is 8.57. The molecular weight excluding hydrogens is 595 g/mol. The zero-order valence-electron chi connectivity index (χ0n) is 26.6. The van der Waals surface area contributed by atoms with Gasteiger partial charge in [-0.1, -0.05) is 38.5 Å². The van der Waals surface area contributed by atoms with Crippen molar-refractivity contribution in [3.8, 4) is 0 Å². The number of benzene rings is 2. The van der Waals surface area contributed by atoms with Crippen molar-refractivity contribution < 1.29 is 14.4 Å². The lowest BCUT2D eigenvalue weighted by Crippen LogP contribution is -2.32. The molecule has 0 unspecified atom stereocenters. The first-order chi connectivity index (χ1) is 22.5. The van der Waals surface area contributed by atoms with Crippen LogP contribution in [0.4, 0.5) is 17.2 Å². The number of unbranched alkanes of at least 4 members (excludes halogenated alkanes) is 1. The summed E-state index contributed by atoms with van der Waals surface area (Å²) in [5.74, 6) is 1.07. The average molecular weight is 636 g/mol. The van der Waals surface area contributed by atoms with Crippen molar-refractivity contribution in [2.24, 2.45) is 0 Å². The second kappa shape index (κ2) is 14.4. The second-order valence-corrected chi connectivity index (χ2v) is 13.0. The molecule has 1 fully saturated rings. The Morgan fingerprint density at radius 1 is 0.957 bits per heavy atom. The number of carbonyl (C=O) groups excluding carboxylic acids is 3. The third-order valence-corrected chi connectivity index (χ3v) is 9.61. The predicted octanol–water partition coefficient (Wildman–Crippen LogP) is 7.06. The number of thioether (sulfide) groups is 1. The highest BCUT2D eigenvalue weighted by molar-refractivity contribution is 8.04. The molecule has 8 nitrogen and oxygen atoms in total. The fourth-order valence-electron chi connectivity index (χ4n) is 5.97. The number of aromatic nitrogens is 1. The van der Waals surface area contributed by atoms with Gasteiger partial charge in [-0.05, 0) is 91.8 Å². The monoisotopic (exact) mass is 635 g/mol. The first-order valence-electron chi connectivity index (χ1n) is 16.4. The quantitative estimate of drug-likeness (QED) is 0.234. The fourth-order valence-corrected chi connectivity index (χ4v) is 7.02. The lowest BCUT2D eigenvalue weighted by atomic mass is 9.98. The first-order valence-corrected chi connectivity index (χ1v) is 17.3. The van der Waals surface area contributed by atoms with Crippen LogP contribution in [0.25, 0.3) is 5.57 Å². The Labute approximate surface area is 275 Å². The maximum atomic E-state index is 14.0. The van der Waals surface area contributed by atoms with E-state index < -0.39 is 0 Å². The SMILES string of the molecule is CCCCN(CCC)c1ncccc1C(=O)Nc1ccc(C(=O)N2CCC3=C(CSC(C(=O)NC4CC4)=C3)c3ccccc32)cc1. The van der Waals surface area contributed by atoms with Gasteiger partial charge in [-0.15, -0.1) is 11.8 Å². The zero-order chi connectivity index (χ0) is 32.0. The summed E-state index contributed by atoms with van der Waals surface area (Å²) < 4.78 is 0. The third kappa shape index (κ3) is 7.04.